The van der Waals surface area contributed by atoms with Crippen LogP contribution in [0.1, 0.15) is 50.3 Å². The molecule has 1 spiro atoms. The molecule has 3 heteroatoms. The monoisotopic (exact) mass is 273 g/mol. The largest absolute Gasteiger partial charge is 0.311 e. The molecule has 0 amide bonds. The average Bonchev–Trinajstić information content (AvgIpc) is 2.47. The van der Waals surface area contributed by atoms with Crippen LogP contribution in [0.3, 0.4) is 0 Å². The third-order valence-electron chi connectivity index (χ3n) is 5.19. The normalized spacial score (nSPS) is 26.8. The smallest absolute Gasteiger partial charge is 0.0573 e. The Morgan fingerprint density at radius 1 is 1.35 bits per heavy atom. The van der Waals surface area contributed by atoms with E-state index >= 15 is 0 Å². The van der Waals surface area contributed by atoms with Crippen molar-refractivity contribution in [2.24, 2.45) is 0 Å². The van der Waals surface area contributed by atoms with E-state index in [9.17, 15) is 0 Å². The summed E-state index contributed by atoms with van der Waals surface area (Å²) in [6, 6.07) is 4.81. The zero-order chi connectivity index (χ0) is 14.0. The molecule has 1 saturated carbocycles. The standard InChI is InChI=1S/C17H27N3/c1-14-7-6-10-18-16(14)12-20-11-15(2)19-13-17(20)8-4-3-5-9-17/h6-7,10,15,19H,3-5,8-9,11-13H2,1-2H3. The summed E-state index contributed by atoms with van der Waals surface area (Å²) < 4.78 is 0. The number of aryl methyl sites for hydroxylation is 1. The number of rotatable bonds is 2. The van der Waals surface area contributed by atoms with E-state index in [2.05, 4.69) is 35.1 Å². The topological polar surface area (TPSA) is 28.2 Å². The van der Waals surface area contributed by atoms with Crippen LogP contribution in [0.15, 0.2) is 18.3 Å². The van der Waals surface area contributed by atoms with Crippen molar-refractivity contribution >= 4 is 0 Å². The maximum atomic E-state index is 4.61. The van der Waals surface area contributed by atoms with Gasteiger partial charge in [-0.1, -0.05) is 25.3 Å². The van der Waals surface area contributed by atoms with Gasteiger partial charge in [-0.15, -0.1) is 0 Å². The van der Waals surface area contributed by atoms with Crippen molar-refractivity contribution in [2.45, 2.75) is 64.1 Å². The van der Waals surface area contributed by atoms with Crippen LogP contribution in [0, 0.1) is 6.92 Å². The van der Waals surface area contributed by atoms with Gasteiger partial charge in [0.1, 0.15) is 0 Å². The molecule has 1 N–H and O–H groups in total. The summed E-state index contributed by atoms with van der Waals surface area (Å²) in [5.41, 5.74) is 2.96. The van der Waals surface area contributed by atoms with Gasteiger partial charge in [-0.3, -0.25) is 9.88 Å². The summed E-state index contributed by atoms with van der Waals surface area (Å²) in [6.45, 7) is 7.80. The third-order valence-corrected chi connectivity index (χ3v) is 5.19. The van der Waals surface area contributed by atoms with Gasteiger partial charge in [0, 0.05) is 37.4 Å². The molecule has 1 atom stereocenters. The van der Waals surface area contributed by atoms with Gasteiger partial charge in [0.2, 0.25) is 0 Å². The highest BCUT2D eigenvalue weighted by Crippen LogP contribution is 2.36. The first kappa shape index (κ1) is 14.0. The minimum absolute atomic E-state index is 0.384. The summed E-state index contributed by atoms with van der Waals surface area (Å²) >= 11 is 0. The van der Waals surface area contributed by atoms with Gasteiger partial charge >= 0.3 is 0 Å². The van der Waals surface area contributed by atoms with Crippen LogP contribution >= 0.6 is 0 Å². The molecule has 1 aromatic rings. The van der Waals surface area contributed by atoms with E-state index in [1.807, 2.05) is 12.3 Å². The lowest BCUT2D eigenvalue weighted by atomic mass is 9.78. The van der Waals surface area contributed by atoms with Crippen molar-refractivity contribution < 1.29 is 0 Å². The SMILES string of the molecule is Cc1cccnc1CN1CC(C)NCC12CCCCC2. The molecule has 1 saturated heterocycles. The Labute approximate surface area is 122 Å². The minimum Gasteiger partial charge on any atom is -0.311 e. The molecular weight excluding hydrogens is 246 g/mol. The van der Waals surface area contributed by atoms with Crippen molar-refractivity contribution in [2.75, 3.05) is 13.1 Å². The Morgan fingerprint density at radius 3 is 2.90 bits per heavy atom. The van der Waals surface area contributed by atoms with Crippen molar-refractivity contribution in [1.29, 1.82) is 0 Å². The summed E-state index contributed by atoms with van der Waals surface area (Å²) in [5.74, 6) is 0. The number of nitrogens with one attached hydrogen (secondary N) is 1. The molecule has 1 unspecified atom stereocenters. The number of hydrogen-bond donors (Lipinski definition) is 1. The van der Waals surface area contributed by atoms with Gasteiger partial charge in [-0.05, 0) is 38.3 Å². The average molecular weight is 273 g/mol. The molecule has 2 aliphatic rings. The zero-order valence-electron chi connectivity index (χ0n) is 12.9. The maximum absolute atomic E-state index is 4.61. The van der Waals surface area contributed by atoms with Crippen LogP contribution in [-0.4, -0.2) is 34.6 Å². The lowest BCUT2D eigenvalue weighted by molar-refractivity contribution is 0.00517. The predicted octanol–water partition coefficient (Wildman–Crippen LogP) is 2.89. The molecule has 0 bridgehead atoms. The van der Waals surface area contributed by atoms with E-state index in [1.165, 1.54) is 43.4 Å². The van der Waals surface area contributed by atoms with Crippen LogP contribution in [-0.2, 0) is 6.54 Å². The van der Waals surface area contributed by atoms with E-state index in [0.29, 0.717) is 11.6 Å². The zero-order valence-corrected chi connectivity index (χ0v) is 12.9. The van der Waals surface area contributed by atoms with Gasteiger partial charge in [-0.2, -0.15) is 0 Å². The highest BCUT2D eigenvalue weighted by Gasteiger charge is 2.41. The molecule has 2 fully saturated rings. The first-order valence-corrected chi connectivity index (χ1v) is 8.09. The quantitative estimate of drug-likeness (QED) is 0.898. The van der Waals surface area contributed by atoms with Gasteiger partial charge in [0.05, 0.1) is 5.69 Å². The van der Waals surface area contributed by atoms with Gasteiger partial charge in [-0.25, -0.2) is 0 Å². The minimum atomic E-state index is 0.384. The Hall–Kier alpha value is -0.930. The Bertz CT molecular complexity index is 451. The van der Waals surface area contributed by atoms with Crippen LogP contribution in [0.2, 0.25) is 0 Å². The molecule has 1 aliphatic carbocycles. The fraction of sp³-hybridized carbons (Fsp3) is 0.706. The van der Waals surface area contributed by atoms with E-state index < -0.39 is 0 Å². The van der Waals surface area contributed by atoms with Gasteiger partial charge < -0.3 is 5.32 Å². The Kier molecular flexibility index (Phi) is 4.08. The molecule has 1 aromatic heterocycles. The number of hydrogen-bond acceptors (Lipinski definition) is 3. The first-order chi connectivity index (χ1) is 9.70. The van der Waals surface area contributed by atoms with E-state index in [-0.39, 0.29) is 0 Å². The van der Waals surface area contributed by atoms with E-state index in [4.69, 9.17) is 0 Å². The molecule has 0 aromatic carbocycles. The third kappa shape index (κ3) is 2.75. The predicted molar refractivity (Wildman–Crippen MR) is 82.7 cm³/mol. The van der Waals surface area contributed by atoms with Gasteiger partial charge in [0.15, 0.2) is 0 Å². The lowest BCUT2D eigenvalue weighted by Crippen LogP contribution is -2.64. The summed E-state index contributed by atoms with van der Waals surface area (Å²) in [6.07, 6.45) is 8.80. The van der Waals surface area contributed by atoms with Crippen LogP contribution in [0.25, 0.3) is 0 Å². The molecule has 110 valence electrons. The fourth-order valence-electron chi connectivity index (χ4n) is 3.86. The molecule has 1 aliphatic heterocycles. The van der Waals surface area contributed by atoms with Crippen molar-refractivity contribution in [3.63, 3.8) is 0 Å². The molecular formula is C17H27N3. The van der Waals surface area contributed by atoms with Crippen LogP contribution < -0.4 is 5.32 Å². The Morgan fingerprint density at radius 2 is 2.15 bits per heavy atom. The first-order valence-electron chi connectivity index (χ1n) is 8.09. The highest BCUT2D eigenvalue weighted by atomic mass is 15.3. The van der Waals surface area contributed by atoms with E-state index in [0.717, 1.165) is 19.6 Å². The van der Waals surface area contributed by atoms with Crippen LogP contribution in [0.4, 0.5) is 0 Å². The van der Waals surface area contributed by atoms with Gasteiger partial charge in [0.25, 0.3) is 0 Å². The number of pyridine rings is 1. The summed E-state index contributed by atoms with van der Waals surface area (Å²) in [7, 11) is 0. The summed E-state index contributed by atoms with van der Waals surface area (Å²) in [4.78, 5) is 7.34. The fourth-order valence-corrected chi connectivity index (χ4v) is 3.86. The second kappa shape index (κ2) is 5.82. The van der Waals surface area contributed by atoms with Crippen molar-refractivity contribution in [1.82, 2.24) is 15.2 Å². The molecule has 3 rings (SSSR count). The van der Waals surface area contributed by atoms with E-state index in [1.54, 1.807) is 0 Å². The number of aromatic nitrogens is 1. The number of nitrogens with zero attached hydrogens (tertiary/aromatic N) is 2. The molecule has 2 heterocycles. The molecule has 20 heavy (non-hydrogen) atoms. The number of piperazine rings is 1. The van der Waals surface area contributed by atoms with Crippen molar-refractivity contribution in [3.8, 4) is 0 Å². The second-order valence-corrected chi connectivity index (χ2v) is 6.71. The lowest BCUT2D eigenvalue weighted by Gasteiger charge is -2.51. The van der Waals surface area contributed by atoms with Crippen LogP contribution in [0.5, 0.6) is 0 Å². The maximum Gasteiger partial charge on any atom is 0.0573 e. The molecule has 0 radical (unpaired) electrons. The highest BCUT2D eigenvalue weighted by molar-refractivity contribution is 5.18. The molecule has 3 nitrogen and oxygen atoms in total. The van der Waals surface area contributed by atoms with Crippen molar-refractivity contribution in [3.05, 3.63) is 29.6 Å². The Balaban J connectivity index is 1.81. The second-order valence-electron chi connectivity index (χ2n) is 6.71. The summed E-state index contributed by atoms with van der Waals surface area (Å²) in [5, 5.41) is 3.71.